The number of aromatic nitrogens is 2. The fourth-order valence-corrected chi connectivity index (χ4v) is 2.10. The third-order valence-electron chi connectivity index (χ3n) is 2.28. The number of hydrogen-bond donors (Lipinski definition) is 1. The second kappa shape index (κ2) is 8.10. The zero-order valence-electron chi connectivity index (χ0n) is 10.1. The summed E-state index contributed by atoms with van der Waals surface area (Å²) in [5.41, 5.74) is -0.261. The van der Waals surface area contributed by atoms with Crippen molar-refractivity contribution in [1.29, 1.82) is 0 Å². The molecule has 1 heterocycles. The molecule has 1 rings (SSSR count). The summed E-state index contributed by atoms with van der Waals surface area (Å²) < 4.78 is 0. The highest BCUT2D eigenvalue weighted by atomic mass is 35.5. The third kappa shape index (κ3) is 4.66. The van der Waals surface area contributed by atoms with E-state index in [1.807, 2.05) is 11.8 Å². The summed E-state index contributed by atoms with van der Waals surface area (Å²) >= 11 is 7.49. The molecular formula is C10H15ClN4O2S. The van der Waals surface area contributed by atoms with Crippen molar-refractivity contribution in [3.05, 3.63) is 21.6 Å². The Hall–Kier alpha value is -1.08. The molecule has 0 aromatic carbocycles. The van der Waals surface area contributed by atoms with E-state index in [0.717, 1.165) is 25.0 Å². The molecule has 0 saturated heterocycles. The molecule has 0 atom stereocenters. The molecule has 0 spiro atoms. The fraction of sp³-hybridized carbons (Fsp3) is 0.600. The lowest BCUT2D eigenvalue weighted by Gasteiger charge is -2.06. The monoisotopic (exact) mass is 290 g/mol. The number of nitrogens with one attached hydrogen (secondary N) is 1. The van der Waals surface area contributed by atoms with Crippen LogP contribution in [0.15, 0.2) is 6.33 Å². The van der Waals surface area contributed by atoms with Gasteiger partial charge in [-0.15, -0.1) is 0 Å². The van der Waals surface area contributed by atoms with Crippen LogP contribution in [0.1, 0.15) is 19.3 Å². The van der Waals surface area contributed by atoms with Crippen molar-refractivity contribution in [1.82, 2.24) is 9.97 Å². The zero-order valence-corrected chi connectivity index (χ0v) is 11.6. The molecule has 18 heavy (non-hydrogen) atoms. The van der Waals surface area contributed by atoms with Gasteiger partial charge in [-0.25, -0.2) is 9.97 Å². The minimum atomic E-state index is -0.571. The van der Waals surface area contributed by atoms with E-state index in [0.29, 0.717) is 6.54 Å². The molecular weight excluding hydrogens is 276 g/mol. The van der Waals surface area contributed by atoms with Crippen LogP contribution < -0.4 is 5.32 Å². The molecule has 6 nitrogen and oxygen atoms in total. The van der Waals surface area contributed by atoms with E-state index in [2.05, 4.69) is 21.5 Å². The van der Waals surface area contributed by atoms with Gasteiger partial charge in [0, 0.05) is 6.54 Å². The topological polar surface area (TPSA) is 81.0 Å². The van der Waals surface area contributed by atoms with Gasteiger partial charge < -0.3 is 5.32 Å². The summed E-state index contributed by atoms with van der Waals surface area (Å²) in [6.45, 7) is 0.641. The number of rotatable bonds is 8. The Bertz CT molecular complexity index is 405. The summed E-state index contributed by atoms with van der Waals surface area (Å²) in [6.07, 6.45) is 6.46. The molecule has 0 aliphatic heterocycles. The minimum Gasteiger partial charge on any atom is -0.364 e. The first-order valence-electron chi connectivity index (χ1n) is 5.54. The van der Waals surface area contributed by atoms with Crippen LogP contribution >= 0.6 is 23.4 Å². The molecule has 0 bridgehead atoms. The highest BCUT2D eigenvalue weighted by Gasteiger charge is 2.20. The third-order valence-corrected chi connectivity index (χ3v) is 3.25. The van der Waals surface area contributed by atoms with Crippen LogP contribution in [-0.4, -0.2) is 33.4 Å². The van der Waals surface area contributed by atoms with E-state index in [9.17, 15) is 10.1 Å². The van der Waals surface area contributed by atoms with E-state index in [1.54, 1.807) is 0 Å². The van der Waals surface area contributed by atoms with Crippen LogP contribution in [0, 0.1) is 10.1 Å². The normalized spacial score (nSPS) is 10.3. The number of thioether (sulfide) groups is 1. The van der Waals surface area contributed by atoms with Gasteiger partial charge in [0.1, 0.15) is 6.33 Å². The molecule has 1 aromatic heterocycles. The second-order valence-corrected chi connectivity index (χ2v) is 4.94. The number of anilines is 1. The number of nitro groups is 1. The van der Waals surface area contributed by atoms with Gasteiger partial charge in [-0.3, -0.25) is 10.1 Å². The van der Waals surface area contributed by atoms with Gasteiger partial charge in [-0.2, -0.15) is 11.8 Å². The summed E-state index contributed by atoms with van der Waals surface area (Å²) in [7, 11) is 0. The zero-order chi connectivity index (χ0) is 13.4. The Morgan fingerprint density at radius 3 is 2.89 bits per heavy atom. The Kier molecular flexibility index (Phi) is 6.74. The highest BCUT2D eigenvalue weighted by molar-refractivity contribution is 7.98. The molecule has 1 N–H and O–H groups in total. The van der Waals surface area contributed by atoms with Gasteiger partial charge in [0.05, 0.1) is 4.92 Å². The number of hydrogen-bond acceptors (Lipinski definition) is 6. The van der Waals surface area contributed by atoms with Gasteiger partial charge >= 0.3 is 5.69 Å². The Labute approximate surface area is 115 Å². The lowest BCUT2D eigenvalue weighted by atomic mass is 10.2. The first kappa shape index (κ1) is 15.0. The first-order chi connectivity index (χ1) is 8.66. The molecule has 0 unspecified atom stereocenters. The van der Waals surface area contributed by atoms with E-state index >= 15 is 0 Å². The molecule has 100 valence electrons. The van der Waals surface area contributed by atoms with Crippen LogP contribution in [-0.2, 0) is 0 Å². The van der Waals surface area contributed by atoms with Gasteiger partial charge in [0.15, 0.2) is 0 Å². The minimum absolute atomic E-state index is 0.139. The molecule has 0 radical (unpaired) electrons. The molecule has 0 aliphatic carbocycles. The number of nitrogens with zero attached hydrogens (tertiary/aromatic N) is 3. The molecule has 8 heteroatoms. The van der Waals surface area contributed by atoms with Gasteiger partial charge in [0.2, 0.25) is 11.0 Å². The summed E-state index contributed by atoms with van der Waals surface area (Å²) in [5, 5.41) is 13.6. The van der Waals surface area contributed by atoms with Crippen LogP contribution in [0.3, 0.4) is 0 Å². The smallest absolute Gasteiger partial charge is 0.348 e. The quantitative estimate of drug-likeness (QED) is 0.343. The van der Waals surface area contributed by atoms with Gasteiger partial charge in [-0.05, 0) is 24.9 Å². The van der Waals surface area contributed by atoms with Gasteiger partial charge in [-0.1, -0.05) is 18.0 Å². The largest absolute Gasteiger partial charge is 0.364 e. The van der Waals surface area contributed by atoms with Crippen LogP contribution in [0.25, 0.3) is 0 Å². The first-order valence-corrected chi connectivity index (χ1v) is 7.31. The summed E-state index contributed by atoms with van der Waals surface area (Å²) in [4.78, 5) is 17.7. The van der Waals surface area contributed by atoms with Crippen molar-refractivity contribution in [3.63, 3.8) is 0 Å². The predicted octanol–water partition coefficient (Wildman–Crippen LogP) is 2.98. The maximum Gasteiger partial charge on any atom is 0.348 e. The average Bonchev–Trinajstić information content (AvgIpc) is 2.33. The molecule has 0 saturated carbocycles. The van der Waals surface area contributed by atoms with Crippen molar-refractivity contribution >= 4 is 34.9 Å². The Morgan fingerprint density at radius 2 is 2.22 bits per heavy atom. The lowest BCUT2D eigenvalue weighted by Crippen LogP contribution is -2.07. The van der Waals surface area contributed by atoms with Crippen molar-refractivity contribution in [2.75, 3.05) is 23.9 Å². The lowest BCUT2D eigenvalue weighted by molar-refractivity contribution is -0.384. The Balaban J connectivity index is 2.47. The van der Waals surface area contributed by atoms with Crippen molar-refractivity contribution in [2.45, 2.75) is 19.3 Å². The molecule has 0 amide bonds. The summed E-state index contributed by atoms with van der Waals surface area (Å²) in [5.74, 6) is 1.32. The van der Waals surface area contributed by atoms with E-state index in [-0.39, 0.29) is 16.7 Å². The second-order valence-electron chi connectivity index (χ2n) is 3.60. The van der Waals surface area contributed by atoms with Crippen LogP contribution in [0.4, 0.5) is 11.5 Å². The molecule has 1 aromatic rings. The van der Waals surface area contributed by atoms with Gasteiger partial charge in [0.25, 0.3) is 0 Å². The fourth-order valence-electron chi connectivity index (χ4n) is 1.40. The molecule has 0 aliphatic rings. The van der Waals surface area contributed by atoms with Crippen molar-refractivity contribution < 1.29 is 4.92 Å². The van der Waals surface area contributed by atoms with E-state index < -0.39 is 4.92 Å². The maximum absolute atomic E-state index is 10.8. The van der Waals surface area contributed by atoms with Crippen LogP contribution in [0.2, 0.25) is 5.15 Å². The van der Waals surface area contributed by atoms with Crippen LogP contribution in [0.5, 0.6) is 0 Å². The Morgan fingerprint density at radius 1 is 1.44 bits per heavy atom. The van der Waals surface area contributed by atoms with E-state index in [4.69, 9.17) is 11.6 Å². The summed E-state index contributed by atoms with van der Waals surface area (Å²) in [6, 6.07) is 0. The van der Waals surface area contributed by atoms with Crippen molar-refractivity contribution in [2.24, 2.45) is 0 Å². The SMILES string of the molecule is CSCCCCCNc1ncnc(Cl)c1[N+](=O)[O-]. The molecule has 0 fully saturated rings. The maximum atomic E-state index is 10.8. The number of unbranched alkanes of at least 4 members (excludes halogenated alkanes) is 2. The average molecular weight is 291 g/mol. The standard InChI is InChI=1S/C10H15ClN4O2S/c1-18-6-4-2-3-5-12-10-8(15(16)17)9(11)13-7-14-10/h7H,2-6H2,1H3,(H,12,13,14). The predicted molar refractivity (Wildman–Crippen MR) is 74.4 cm³/mol. The van der Waals surface area contributed by atoms with E-state index in [1.165, 1.54) is 6.33 Å². The number of halogens is 1. The van der Waals surface area contributed by atoms with Crippen molar-refractivity contribution in [3.8, 4) is 0 Å². The highest BCUT2D eigenvalue weighted by Crippen LogP contribution is 2.28.